The molecule has 3 rings (SSSR count). The predicted molar refractivity (Wildman–Crippen MR) is 90.0 cm³/mol. The van der Waals surface area contributed by atoms with Crippen LogP contribution in [0.2, 0.25) is 10.0 Å². The minimum atomic E-state index is 0.441. The van der Waals surface area contributed by atoms with Crippen LogP contribution in [0.5, 0.6) is 5.75 Å². The SMILES string of the molecule is COc1c(Cl)cc(Cl)cc1-c1nccn1C1CCN(C)CC1. The Balaban J connectivity index is 2.02. The second-order valence-electron chi connectivity index (χ2n) is 5.66. The van der Waals surface area contributed by atoms with Gasteiger partial charge in [0.25, 0.3) is 0 Å². The number of rotatable bonds is 3. The van der Waals surface area contributed by atoms with Crippen molar-refractivity contribution in [1.82, 2.24) is 14.5 Å². The number of halogens is 2. The lowest BCUT2D eigenvalue weighted by molar-refractivity contribution is 0.222. The normalized spacial score (nSPS) is 16.9. The van der Waals surface area contributed by atoms with E-state index >= 15 is 0 Å². The molecule has 1 aromatic carbocycles. The highest BCUT2D eigenvalue weighted by Gasteiger charge is 2.23. The van der Waals surface area contributed by atoms with Gasteiger partial charge in [-0.1, -0.05) is 23.2 Å². The van der Waals surface area contributed by atoms with E-state index in [-0.39, 0.29) is 0 Å². The Labute approximate surface area is 140 Å². The summed E-state index contributed by atoms with van der Waals surface area (Å²) in [4.78, 5) is 6.87. The number of methoxy groups -OCH3 is 1. The third-order valence-electron chi connectivity index (χ3n) is 4.20. The molecule has 1 aromatic heterocycles. The molecular weight excluding hydrogens is 321 g/mol. The number of piperidine rings is 1. The maximum atomic E-state index is 6.26. The number of nitrogens with zero attached hydrogens (tertiary/aromatic N) is 3. The van der Waals surface area contributed by atoms with Crippen LogP contribution in [0.3, 0.4) is 0 Å². The van der Waals surface area contributed by atoms with Gasteiger partial charge in [0.1, 0.15) is 11.6 Å². The van der Waals surface area contributed by atoms with E-state index in [1.807, 2.05) is 18.5 Å². The number of benzene rings is 1. The molecule has 0 unspecified atom stereocenters. The highest BCUT2D eigenvalue weighted by molar-refractivity contribution is 6.36. The van der Waals surface area contributed by atoms with Crippen molar-refractivity contribution >= 4 is 23.2 Å². The van der Waals surface area contributed by atoms with Crippen LogP contribution in [0, 0.1) is 0 Å². The average molecular weight is 340 g/mol. The maximum Gasteiger partial charge on any atom is 0.148 e. The largest absolute Gasteiger partial charge is 0.494 e. The van der Waals surface area contributed by atoms with Gasteiger partial charge >= 0.3 is 0 Å². The van der Waals surface area contributed by atoms with Crippen LogP contribution in [0.15, 0.2) is 24.5 Å². The van der Waals surface area contributed by atoms with Crippen LogP contribution in [0.4, 0.5) is 0 Å². The molecule has 0 bridgehead atoms. The Hall–Kier alpha value is -1.23. The molecule has 0 N–H and O–H groups in total. The second kappa shape index (κ2) is 6.49. The standard InChI is InChI=1S/C16H19Cl2N3O/c1-20-6-3-12(4-7-20)21-8-5-19-16(21)13-9-11(17)10-14(18)15(13)22-2/h5,8-10,12H,3-4,6-7H2,1-2H3. The molecule has 2 aromatic rings. The Kier molecular flexibility index (Phi) is 4.62. The Morgan fingerprint density at radius 2 is 1.95 bits per heavy atom. The fourth-order valence-electron chi connectivity index (χ4n) is 3.02. The van der Waals surface area contributed by atoms with Gasteiger partial charge in [0, 0.05) is 23.5 Å². The van der Waals surface area contributed by atoms with Crippen LogP contribution in [-0.4, -0.2) is 41.7 Å². The summed E-state index contributed by atoms with van der Waals surface area (Å²) in [7, 11) is 3.77. The number of hydrogen-bond donors (Lipinski definition) is 0. The van der Waals surface area contributed by atoms with Crippen molar-refractivity contribution < 1.29 is 4.74 Å². The van der Waals surface area contributed by atoms with Crippen molar-refractivity contribution in [3.8, 4) is 17.1 Å². The van der Waals surface area contributed by atoms with Gasteiger partial charge in [-0.25, -0.2) is 4.98 Å². The third kappa shape index (κ3) is 2.96. The molecule has 0 saturated carbocycles. The number of hydrogen-bond acceptors (Lipinski definition) is 3. The number of ether oxygens (including phenoxy) is 1. The van der Waals surface area contributed by atoms with Gasteiger partial charge in [-0.15, -0.1) is 0 Å². The summed E-state index contributed by atoms with van der Waals surface area (Å²) in [6.45, 7) is 2.19. The van der Waals surface area contributed by atoms with Crippen molar-refractivity contribution in [2.75, 3.05) is 27.2 Å². The van der Waals surface area contributed by atoms with E-state index in [0.717, 1.165) is 37.3 Å². The first kappa shape index (κ1) is 15.7. The first-order valence-corrected chi connectivity index (χ1v) is 8.10. The Bertz CT molecular complexity index is 663. The monoisotopic (exact) mass is 339 g/mol. The van der Waals surface area contributed by atoms with Gasteiger partial charge in [-0.05, 0) is 45.1 Å². The summed E-state index contributed by atoms with van der Waals surface area (Å²) in [6.07, 6.45) is 6.06. The fourth-order valence-corrected chi connectivity index (χ4v) is 3.59. The summed E-state index contributed by atoms with van der Waals surface area (Å²) in [6, 6.07) is 3.99. The first-order chi connectivity index (χ1) is 10.6. The highest BCUT2D eigenvalue weighted by atomic mass is 35.5. The Morgan fingerprint density at radius 1 is 1.23 bits per heavy atom. The Morgan fingerprint density at radius 3 is 2.64 bits per heavy atom. The number of imidazole rings is 1. The van der Waals surface area contributed by atoms with Crippen LogP contribution >= 0.6 is 23.2 Å². The van der Waals surface area contributed by atoms with Gasteiger partial charge in [-0.2, -0.15) is 0 Å². The fraction of sp³-hybridized carbons (Fsp3) is 0.438. The van der Waals surface area contributed by atoms with Crippen molar-refractivity contribution in [3.63, 3.8) is 0 Å². The van der Waals surface area contributed by atoms with E-state index < -0.39 is 0 Å². The number of likely N-dealkylation sites (tertiary alicyclic amines) is 1. The first-order valence-electron chi connectivity index (χ1n) is 7.35. The molecule has 0 radical (unpaired) electrons. The minimum absolute atomic E-state index is 0.441. The van der Waals surface area contributed by atoms with E-state index in [1.165, 1.54) is 0 Å². The molecular formula is C16H19Cl2N3O. The van der Waals surface area contributed by atoms with E-state index in [2.05, 4.69) is 21.5 Å². The minimum Gasteiger partial charge on any atom is -0.494 e. The quantitative estimate of drug-likeness (QED) is 0.842. The van der Waals surface area contributed by atoms with Gasteiger partial charge in [-0.3, -0.25) is 0 Å². The van der Waals surface area contributed by atoms with Crippen molar-refractivity contribution in [1.29, 1.82) is 0 Å². The molecule has 2 heterocycles. The predicted octanol–water partition coefficient (Wildman–Crippen LogP) is 4.13. The lowest BCUT2D eigenvalue weighted by Gasteiger charge is -2.30. The van der Waals surface area contributed by atoms with Crippen LogP contribution in [0.25, 0.3) is 11.4 Å². The molecule has 1 aliphatic rings. The zero-order chi connectivity index (χ0) is 15.7. The topological polar surface area (TPSA) is 30.3 Å². The molecule has 118 valence electrons. The van der Waals surface area contributed by atoms with E-state index in [1.54, 1.807) is 13.2 Å². The molecule has 0 aliphatic carbocycles. The van der Waals surface area contributed by atoms with E-state index in [4.69, 9.17) is 27.9 Å². The lowest BCUT2D eigenvalue weighted by atomic mass is 10.0. The maximum absolute atomic E-state index is 6.26. The van der Waals surface area contributed by atoms with E-state index in [9.17, 15) is 0 Å². The molecule has 6 heteroatoms. The van der Waals surface area contributed by atoms with E-state index in [0.29, 0.717) is 21.8 Å². The van der Waals surface area contributed by atoms with Crippen LogP contribution in [-0.2, 0) is 0 Å². The molecule has 22 heavy (non-hydrogen) atoms. The van der Waals surface area contributed by atoms with Gasteiger partial charge in [0.15, 0.2) is 0 Å². The zero-order valence-electron chi connectivity index (χ0n) is 12.7. The summed E-state index contributed by atoms with van der Waals surface area (Å²) in [5, 5.41) is 1.08. The summed E-state index contributed by atoms with van der Waals surface area (Å²) >= 11 is 12.4. The zero-order valence-corrected chi connectivity index (χ0v) is 14.2. The van der Waals surface area contributed by atoms with Crippen molar-refractivity contribution in [3.05, 3.63) is 34.6 Å². The van der Waals surface area contributed by atoms with Crippen molar-refractivity contribution in [2.45, 2.75) is 18.9 Å². The molecule has 0 atom stereocenters. The summed E-state index contributed by atoms with van der Waals surface area (Å²) in [5.41, 5.74) is 0.837. The molecule has 1 saturated heterocycles. The summed E-state index contributed by atoms with van der Waals surface area (Å²) in [5.74, 6) is 1.47. The molecule has 1 fully saturated rings. The van der Waals surface area contributed by atoms with Gasteiger partial charge in [0.05, 0.1) is 17.7 Å². The third-order valence-corrected chi connectivity index (χ3v) is 4.70. The molecule has 4 nitrogen and oxygen atoms in total. The molecule has 1 aliphatic heterocycles. The van der Waals surface area contributed by atoms with Gasteiger partial charge in [0.2, 0.25) is 0 Å². The average Bonchev–Trinajstić information content (AvgIpc) is 2.96. The van der Waals surface area contributed by atoms with Crippen LogP contribution < -0.4 is 4.74 Å². The van der Waals surface area contributed by atoms with Crippen molar-refractivity contribution in [2.24, 2.45) is 0 Å². The highest BCUT2D eigenvalue weighted by Crippen LogP contribution is 2.39. The second-order valence-corrected chi connectivity index (χ2v) is 6.50. The summed E-state index contributed by atoms with van der Waals surface area (Å²) < 4.78 is 7.68. The molecule has 0 spiro atoms. The lowest BCUT2D eigenvalue weighted by Crippen LogP contribution is -2.31. The smallest absolute Gasteiger partial charge is 0.148 e. The van der Waals surface area contributed by atoms with Crippen LogP contribution in [0.1, 0.15) is 18.9 Å². The van der Waals surface area contributed by atoms with Gasteiger partial charge < -0.3 is 14.2 Å². The number of aromatic nitrogens is 2. The molecule has 0 amide bonds.